The van der Waals surface area contributed by atoms with Crippen molar-refractivity contribution in [1.29, 1.82) is 0 Å². The van der Waals surface area contributed by atoms with Crippen LogP contribution in [-0.2, 0) is 9.59 Å². The predicted octanol–water partition coefficient (Wildman–Crippen LogP) is 0.808. The molecule has 2 rings (SSSR count). The van der Waals surface area contributed by atoms with E-state index in [0.717, 1.165) is 32.1 Å². The summed E-state index contributed by atoms with van der Waals surface area (Å²) in [7, 11) is 0. The fourth-order valence-electron chi connectivity index (χ4n) is 2.81. The van der Waals surface area contributed by atoms with E-state index < -0.39 is 0 Å². The maximum Gasteiger partial charge on any atom is 0.239 e. The van der Waals surface area contributed by atoms with Crippen molar-refractivity contribution in [1.82, 2.24) is 10.2 Å². The van der Waals surface area contributed by atoms with Gasteiger partial charge in [-0.05, 0) is 19.3 Å². The molecule has 2 fully saturated rings. The van der Waals surface area contributed by atoms with Crippen LogP contribution in [0.15, 0.2) is 0 Å². The van der Waals surface area contributed by atoms with E-state index in [4.69, 9.17) is 5.73 Å². The lowest BCUT2D eigenvalue weighted by Gasteiger charge is -2.33. The first kappa shape index (κ1) is 16.2. The Bertz CT molecular complexity index is 330. The maximum atomic E-state index is 11.8. The summed E-state index contributed by atoms with van der Waals surface area (Å²) >= 11 is 0. The summed E-state index contributed by atoms with van der Waals surface area (Å²) in [6, 6.07) is 0. The number of hydrogen-bond donors (Lipinski definition) is 2. The Morgan fingerprint density at radius 1 is 1.26 bits per heavy atom. The van der Waals surface area contributed by atoms with Crippen molar-refractivity contribution in [2.45, 2.75) is 50.5 Å². The van der Waals surface area contributed by atoms with Crippen LogP contribution in [0.2, 0.25) is 0 Å². The Labute approximate surface area is 120 Å². The van der Waals surface area contributed by atoms with Gasteiger partial charge in [0.1, 0.15) is 0 Å². The van der Waals surface area contributed by atoms with Gasteiger partial charge in [0, 0.05) is 25.0 Å². The highest BCUT2D eigenvalue weighted by Crippen LogP contribution is 2.25. The second kappa shape index (κ2) is 7.10. The molecule has 0 unspecified atom stereocenters. The SMILES string of the molecule is Cl.NC1(CNC(=O)CN2CCCC2=O)CCCCC1. The minimum Gasteiger partial charge on any atom is -0.353 e. The molecule has 3 N–H and O–H groups in total. The first-order valence-electron chi connectivity index (χ1n) is 6.92. The van der Waals surface area contributed by atoms with E-state index in [-0.39, 0.29) is 36.3 Å². The van der Waals surface area contributed by atoms with Crippen LogP contribution in [-0.4, -0.2) is 41.9 Å². The van der Waals surface area contributed by atoms with Crippen LogP contribution in [0.4, 0.5) is 0 Å². The standard InChI is InChI=1S/C13H23N3O2.ClH/c14-13(6-2-1-3-7-13)10-15-11(17)9-16-8-4-5-12(16)18;/h1-10,14H2,(H,15,17);1H. The number of nitrogens with one attached hydrogen (secondary N) is 1. The van der Waals surface area contributed by atoms with E-state index in [0.29, 0.717) is 19.5 Å². The first-order chi connectivity index (χ1) is 8.59. The normalized spacial score (nSPS) is 21.9. The highest BCUT2D eigenvalue weighted by molar-refractivity contribution is 5.86. The van der Waals surface area contributed by atoms with E-state index in [1.807, 2.05) is 0 Å². The van der Waals surface area contributed by atoms with Crippen LogP contribution in [0.1, 0.15) is 44.9 Å². The molecule has 2 amide bonds. The number of likely N-dealkylation sites (tertiary alicyclic amines) is 1. The molecule has 1 aliphatic carbocycles. The van der Waals surface area contributed by atoms with Crippen LogP contribution in [0.25, 0.3) is 0 Å². The minimum atomic E-state index is -0.233. The summed E-state index contributed by atoms with van der Waals surface area (Å²) < 4.78 is 0. The molecule has 6 heteroatoms. The van der Waals surface area contributed by atoms with Gasteiger partial charge in [-0.15, -0.1) is 12.4 Å². The minimum absolute atomic E-state index is 0. The topological polar surface area (TPSA) is 75.4 Å². The number of nitrogens with zero attached hydrogens (tertiary/aromatic N) is 1. The maximum absolute atomic E-state index is 11.8. The fraction of sp³-hybridized carbons (Fsp3) is 0.846. The van der Waals surface area contributed by atoms with Gasteiger partial charge in [0.2, 0.25) is 11.8 Å². The molecule has 1 aliphatic heterocycles. The summed E-state index contributed by atoms with van der Waals surface area (Å²) in [5.41, 5.74) is 6.01. The van der Waals surface area contributed by atoms with Gasteiger partial charge < -0.3 is 16.0 Å². The molecule has 1 saturated carbocycles. The highest BCUT2D eigenvalue weighted by Gasteiger charge is 2.28. The number of amides is 2. The number of hydrogen-bond acceptors (Lipinski definition) is 3. The average Bonchev–Trinajstić information content (AvgIpc) is 2.74. The molecule has 5 nitrogen and oxygen atoms in total. The average molecular weight is 290 g/mol. The second-order valence-corrected chi connectivity index (χ2v) is 5.62. The van der Waals surface area contributed by atoms with E-state index in [9.17, 15) is 9.59 Å². The van der Waals surface area contributed by atoms with Crippen molar-refractivity contribution in [2.75, 3.05) is 19.6 Å². The van der Waals surface area contributed by atoms with Gasteiger partial charge in [0.15, 0.2) is 0 Å². The molecule has 110 valence electrons. The Morgan fingerprint density at radius 2 is 1.95 bits per heavy atom. The van der Waals surface area contributed by atoms with Crippen molar-refractivity contribution >= 4 is 24.2 Å². The lowest BCUT2D eigenvalue weighted by molar-refractivity contribution is -0.133. The molecule has 0 aromatic carbocycles. The van der Waals surface area contributed by atoms with Crippen molar-refractivity contribution in [3.8, 4) is 0 Å². The molecule has 0 bridgehead atoms. The van der Waals surface area contributed by atoms with E-state index in [2.05, 4.69) is 5.32 Å². The largest absolute Gasteiger partial charge is 0.353 e. The number of rotatable bonds is 4. The number of carbonyl (C=O) groups excluding carboxylic acids is 2. The fourth-order valence-corrected chi connectivity index (χ4v) is 2.81. The summed E-state index contributed by atoms with van der Waals surface area (Å²) in [5, 5.41) is 2.88. The Morgan fingerprint density at radius 3 is 2.53 bits per heavy atom. The van der Waals surface area contributed by atoms with Crippen LogP contribution in [0, 0.1) is 0 Å². The van der Waals surface area contributed by atoms with Gasteiger partial charge >= 0.3 is 0 Å². The highest BCUT2D eigenvalue weighted by atomic mass is 35.5. The third kappa shape index (κ3) is 4.66. The third-order valence-corrected chi connectivity index (χ3v) is 3.99. The van der Waals surface area contributed by atoms with Crippen molar-refractivity contribution < 1.29 is 9.59 Å². The Hall–Kier alpha value is -0.810. The van der Waals surface area contributed by atoms with Crippen molar-refractivity contribution in [2.24, 2.45) is 5.73 Å². The molecular weight excluding hydrogens is 266 g/mol. The summed E-state index contributed by atoms with van der Waals surface area (Å²) in [5.74, 6) is 0.00549. The molecule has 1 heterocycles. The molecule has 0 aromatic heterocycles. The summed E-state index contributed by atoms with van der Waals surface area (Å²) in [6.07, 6.45) is 6.95. The first-order valence-corrected chi connectivity index (χ1v) is 6.92. The lowest BCUT2D eigenvalue weighted by Crippen LogP contribution is -2.52. The molecule has 2 aliphatic rings. The number of halogens is 1. The predicted molar refractivity (Wildman–Crippen MR) is 76.1 cm³/mol. The molecular formula is C13H24ClN3O2. The van der Waals surface area contributed by atoms with E-state index >= 15 is 0 Å². The number of carbonyl (C=O) groups is 2. The quantitative estimate of drug-likeness (QED) is 0.804. The number of nitrogens with two attached hydrogens (primary N) is 1. The molecule has 19 heavy (non-hydrogen) atoms. The van der Waals surface area contributed by atoms with Gasteiger partial charge in [0.25, 0.3) is 0 Å². The zero-order valence-corrected chi connectivity index (χ0v) is 12.1. The third-order valence-electron chi connectivity index (χ3n) is 3.99. The Kier molecular flexibility index (Phi) is 6.07. The van der Waals surface area contributed by atoms with Crippen LogP contribution < -0.4 is 11.1 Å². The lowest BCUT2D eigenvalue weighted by atomic mass is 9.82. The molecule has 0 spiro atoms. The van der Waals surface area contributed by atoms with Gasteiger partial charge in [-0.2, -0.15) is 0 Å². The van der Waals surface area contributed by atoms with Gasteiger partial charge in [-0.1, -0.05) is 19.3 Å². The second-order valence-electron chi connectivity index (χ2n) is 5.62. The molecule has 0 aromatic rings. The van der Waals surface area contributed by atoms with E-state index in [1.165, 1.54) is 6.42 Å². The van der Waals surface area contributed by atoms with Gasteiger partial charge in [-0.3, -0.25) is 9.59 Å². The van der Waals surface area contributed by atoms with Gasteiger partial charge in [-0.25, -0.2) is 0 Å². The molecule has 1 saturated heterocycles. The zero-order chi connectivity index (χ0) is 13.0. The van der Waals surface area contributed by atoms with Crippen LogP contribution >= 0.6 is 12.4 Å². The monoisotopic (exact) mass is 289 g/mol. The Balaban J connectivity index is 0.00000180. The zero-order valence-electron chi connectivity index (χ0n) is 11.3. The van der Waals surface area contributed by atoms with Crippen LogP contribution in [0.3, 0.4) is 0 Å². The van der Waals surface area contributed by atoms with Gasteiger partial charge in [0.05, 0.1) is 6.54 Å². The van der Waals surface area contributed by atoms with E-state index in [1.54, 1.807) is 4.90 Å². The molecule has 0 radical (unpaired) electrons. The van der Waals surface area contributed by atoms with Crippen molar-refractivity contribution in [3.63, 3.8) is 0 Å². The van der Waals surface area contributed by atoms with Crippen LogP contribution in [0.5, 0.6) is 0 Å². The summed E-state index contributed by atoms with van der Waals surface area (Å²) in [4.78, 5) is 24.8. The van der Waals surface area contributed by atoms with Crippen molar-refractivity contribution in [3.05, 3.63) is 0 Å². The molecule has 0 atom stereocenters. The smallest absolute Gasteiger partial charge is 0.239 e. The summed E-state index contributed by atoms with van der Waals surface area (Å²) in [6.45, 7) is 1.43.